The van der Waals surface area contributed by atoms with Gasteiger partial charge in [0.25, 0.3) is 0 Å². The molecule has 2 unspecified atom stereocenters. The summed E-state index contributed by atoms with van der Waals surface area (Å²) in [5.41, 5.74) is 0.942. The molecule has 2 rings (SSSR count). The minimum absolute atomic E-state index is 0.00721. The van der Waals surface area contributed by atoms with E-state index in [1.54, 1.807) is 12.4 Å². The van der Waals surface area contributed by atoms with Crippen molar-refractivity contribution in [3.8, 4) is 0 Å². The Morgan fingerprint density at radius 1 is 1.10 bits per heavy atom. The molecule has 0 aliphatic rings. The van der Waals surface area contributed by atoms with Crippen molar-refractivity contribution in [2.45, 2.75) is 23.8 Å². The molecule has 0 aliphatic heterocycles. The Morgan fingerprint density at radius 3 is 2.29 bits per heavy atom. The molecule has 0 aliphatic carbocycles. The van der Waals surface area contributed by atoms with E-state index in [2.05, 4.69) is 36.8 Å². The van der Waals surface area contributed by atoms with E-state index in [-0.39, 0.29) is 10.7 Å². The fourth-order valence-electron chi connectivity index (χ4n) is 2.04. The lowest BCUT2D eigenvalue weighted by Crippen LogP contribution is -2.08. The monoisotopic (exact) mass is 421 g/mol. The second kappa shape index (κ2) is 6.48. The van der Waals surface area contributed by atoms with E-state index >= 15 is 0 Å². The number of halogens is 5. The summed E-state index contributed by atoms with van der Waals surface area (Å²) in [5, 5.41) is 0. The fourth-order valence-corrected chi connectivity index (χ4v) is 3.52. The normalized spacial score (nSPS) is 14.8. The van der Waals surface area contributed by atoms with E-state index in [4.69, 9.17) is 0 Å². The third-order valence-corrected chi connectivity index (χ3v) is 5.30. The molecule has 0 bridgehead atoms. The van der Waals surface area contributed by atoms with Gasteiger partial charge in [-0.15, -0.1) is 0 Å². The number of hydrogen-bond acceptors (Lipinski definition) is 1. The highest BCUT2D eigenvalue weighted by Gasteiger charge is 2.32. The summed E-state index contributed by atoms with van der Waals surface area (Å²) in [7, 11) is 0. The van der Waals surface area contributed by atoms with Crippen molar-refractivity contribution in [2.75, 3.05) is 0 Å². The van der Waals surface area contributed by atoms with Crippen LogP contribution < -0.4 is 0 Å². The molecule has 0 radical (unpaired) electrons. The minimum atomic E-state index is -4.35. The van der Waals surface area contributed by atoms with Crippen molar-refractivity contribution in [1.29, 1.82) is 0 Å². The number of nitrogens with zero attached hydrogens (tertiary/aromatic N) is 1. The first kappa shape index (κ1) is 16.5. The van der Waals surface area contributed by atoms with Gasteiger partial charge in [0.15, 0.2) is 0 Å². The second-order valence-corrected chi connectivity index (χ2v) is 6.55. The van der Waals surface area contributed by atoms with Gasteiger partial charge in [0.05, 0.1) is 5.56 Å². The maximum atomic E-state index is 12.8. The predicted octanol–water partition coefficient (Wildman–Crippen LogP) is 6.10. The molecule has 21 heavy (non-hydrogen) atoms. The maximum Gasteiger partial charge on any atom is 0.416 e. The van der Waals surface area contributed by atoms with Gasteiger partial charge in [0.1, 0.15) is 0 Å². The fraction of sp³-hybridized carbons (Fsp3) is 0.267. The van der Waals surface area contributed by atoms with Gasteiger partial charge in [0, 0.05) is 21.7 Å². The molecule has 1 nitrogen and oxygen atoms in total. The van der Waals surface area contributed by atoms with Crippen LogP contribution in [0.1, 0.15) is 34.4 Å². The minimum Gasteiger partial charge on any atom is -0.265 e. The third-order valence-electron chi connectivity index (χ3n) is 3.29. The zero-order chi connectivity index (χ0) is 15.6. The molecule has 0 N–H and O–H groups in total. The van der Waals surface area contributed by atoms with Crippen LogP contribution in [0.4, 0.5) is 13.2 Å². The van der Waals surface area contributed by atoms with Gasteiger partial charge in [0.2, 0.25) is 0 Å². The molecule has 2 atom stereocenters. The summed E-state index contributed by atoms with van der Waals surface area (Å²) in [6.45, 7) is 1.96. The van der Waals surface area contributed by atoms with Crippen LogP contribution in [0.5, 0.6) is 0 Å². The van der Waals surface area contributed by atoms with Crippen molar-refractivity contribution in [2.24, 2.45) is 0 Å². The summed E-state index contributed by atoms with van der Waals surface area (Å²) in [5.74, 6) is 0.00721. The van der Waals surface area contributed by atoms with Crippen LogP contribution >= 0.6 is 31.9 Å². The molecule has 0 spiro atoms. The molecular weight excluding hydrogens is 411 g/mol. The Bertz CT molecular complexity index is 614. The standard InChI is InChI=1S/C15H12Br2F3N/c1-9(10-4-6-21-7-5-10)14(17)12-8-11(15(18,19)20)2-3-13(12)16/h2-9,14H,1H3. The van der Waals surface area contributed by atoms with Crippen molar-refractivity contribution in [1.82, 2.24) is 4.98 Å². The highest BCUT2D eigenvalue weighted by molar-refractivity contribution is 9.11. The molecule has 1 aromatic heterocycles. The number of hydrogen-bond donors (Lipinski definition) is 0. The molecule has 112 valence electrons. The molecule has 1 aromatic carbocycles. The predicted molar refractivity (Wildman–Crippen MR) is 83.5 cm³/mol. The first-order valence-corrected chi connectivity index (χ1v) is 7.92. The lowest BCUT2D eigenvalue weighted by atomic mass is 9.93. The van der Waals surface area contributed by atoms with Crippen LogP contribution in [-0.2, 0) is 6.18 Å². The van der Waals surface area contributed by atoms with Crippen LogP contribution in [0.2, 0.25) is 0 Å². The van der Waals surface area contributed by atoms with Crippen molar-refractivity contribution in [3.63, 3.8) is 0 Å². The van der Waals surface area contributed by atoms with E-state index < -0.39 is 11.7 Å². The molecule has 0 fully saturated rings. The van der Waals surface area contributed by atoms with E-state index in [1.807, 2.05) is 19.1 Å². The summed E-state index contributed by atoms with van der Waals surface area (Å²) >= 11 is 6.85. The second-order valence-electron chi connectivity index (χ2n) is 4.71. The summed E-state index contributed by atoms with van der Waals surface area (Å²) < 4.78 is 39.2. The Balaban J connectivity index is 2.37. The number of benzene rings is 1. The van der Waals surface area contributed by atoms with Gasteiger partial charge in [-0.2, -0.15) is 13.2 Å². The Hall–Kier alpha value is -0.880. The average Bonchev–Trinajstić information content (AvgIpc) is 2.46. The number of aromatic nitrogens is 1. The summed E-state index contributed by atoms with van der Waals surface area (Å²) in [4.78, 5) is 3.71. The molecule has 0 saturated carbocycles. The van der Waals surface area contributed by atoms with E-state index in [9.17, 15) is 13.2 Å². The van der Waals surface area contributed by atoms with Gasteiger partial charge in [-0.05, 0) is 47.4 Å². The van der Waals surface area contributed by atoms with Gasteiger partial charge in [-0.3, -0.25) is 4.98 Å². The number of alkyl halides is 4. The molecule has 6 heteroatoms. The van der Waals surface area contributed by atoms with Crippen LogP contribution in [0.3, 0.4) is 0 Å². The Labute approximate surface area is 137 Å². The van der Waals surface area contributed by atoms with Crippen molar-refractivity contribution >= 4 is 31.9 Å². The van der Waals surface area contributed by atoms with Crippen LogP contribution in [-0.4, -0.2) is 4.98 Å². The highest BCUT2D eigenvalue weighted by atomic mass is 79.9. The lowest BCUT2D eigenvalue weighted by molar-refractivity contribution is -0.137. The first-order valence-electron chi connectivity index (χ1n) is 6.21. The Morgan fingerprint density at radius 2 is 1.71 bits per heavy atom. The quantitative estimate of drug-likeness (QED) is 0.544. The zero-order valence-corrected chi connectivity index (χ0v) is 14.2. The summed E-state index contributed by atoms with van der Waals surface area (Å²) in [6.07, 6.45) is -0.998. The van der Waals surface area contributed by atoms with Crippen LogP contribution in [0.25, 0.3) is 0 Å². The van der Waals surface area contributed by atoms with Gasteiger partial charge in [-0.1, -0.05) is 38.8 Å². The summed E-state index contributed by atoms with van der Waals surface area (Å²) in [6, 6.07) is 7.41. The van der Waals surface area contributed by atoms with Crippen molar-refractivity contribution in [3.05, 3.63) is 63.9 Å². The Kier molecular flexibility index (Phi) is 5.09. The molecule has 1 heterocycles. The first-order chi connectivity index (χ1) is 9.80. The molecule has 2 aromatic rings. The lowest BCUT2D eigenvalue weighted by Gasteiger charge is -2.21. The SMILES string of the molecule is CC(c1ccncc1)C(Br)c1cc(C(F)(F)F)ccc1Br. The number of rotatable bonds is 3. The number of pyridine rings is 1. The topological polar surface area (TPSA) is 12.9 Å². The molecule has 0 saturated heterocycles. The highest BCUT2D eigenvalue weighted by Crippen LogP contribution is 2.42. The van der Waals surface area contributed by atoms with E-state index in [0.717, 1.165) is 11.6 Å². The zero-order valence-electron chi connectivity index (χ0n) is 11.0. The average molecular weight is 423 g/mol. The molecular formula is C15H12Br2F3N. The van der Waals surface area contributed by atoms with Crippen molar-refractivity contribution < 1.29 is 13.2 Å². The van der Waals surface area contributed by atoms with E-state index in [0.29, 0.717) is 10.0 Å². The third kappa shape index (κ3) is 3.86. The molecule has 0 amide bonds. The van der Waals surface area contributed by atoms with Crippen LogP contribution in [0, 0.1) is 0 Å². The smallest absolute Gasteiger partial charge is 0.265 e. The largest absolute Gasteiger partial charge is 0.416 e. The van der Waals surface area contributed by atoms with Gasteiger partial charge in [-0.25, -0.2) is 0 Å². The van der Waals surface area contributed by atoms with Gasteiger partial charge >= 0.3 is 6.18 Å². The van der Waals surface area contributed by atoms with Gasteiger partial charge < -0.3 is 0 Å². The van der Waals surface area contributed by atoms with E-state index in [1.165, 1.54) is 12.1 Å². The van der Waals surface area contributed by atoms with Crippen LogP contribution in [0.15, 0.2) is 47.2 Å². The maximum absolute atomic E-state index is 12.8.